The minimum absolute atomic E-state index is 0.0865. The van der Waals surface area contributed by atoms with Crippen LogP contribution in [-0.4, -0.2) is 25.0 Å². The average molecular weight is 415 g/mol. The average Bonchev–Trinajstić information content (AvgIpc) is 2.61. The van der Waals surface area contributed by atoms with Crippen LogP contribution >= 0.6 is 23.2 Å². The maximum Gasteiger partial charge on any atom is 0.387 e. The molecule has 0 spiro atoms. The normalized spacial score (nSPS) is 11.0. The SMILES string of the molecule is Cc1ccc(OC(F)F)c(C(=O)COC(=O)/C=C/c2ccc(Cl)c(Cl)c2)c1. The Morgan fingerprint density at radius 3 is 2.52 bits per heavy atom. The molecule has 0 amide bonds. The van der Waals surface area contributed by atoms with Crippen molar-refractivity contribution in [3.05, 3.63) is 69.2 Å². The number of rotatable bonds is 7. The lowest BCUT2D eigenvalue weighted by atomic mass is 10.1. The quantitative estimate of drug-likeness (QED) is 0.348. The number of halogens is 4. The van der Waals surface area contributed by atoms with E-state index in [9.17, 15) is 18.4 Å². The van der Waals surface area contributed by atoms with Crippen molar-refractivity contribution >= 4 is 41.0 Å². The number of hydrogen-bond acceptors (Lipinski definition) is 4. The Bertz CT molecular complexity index is 882. The third-order valence-corrected chi connectivity index (χ3v) is 4.09. The summed E-state index contributed by atoms with van der Waals surface area (Å²) in [5.41, 5.74) is 1.20. The molecule has 0 bridgehead atoms. The Kier molecular flexibility index (Phi) is 7.33. The van der Waals surface area contributed by atoms with E-state index in [4.69, 9.17) is 27.9 Å². The number of benzene rings is 2. The van der Waals surface area contributed by atoms with E-state index < -0.39 is 25.0 Å². The van der Waals surface area contributed by atoms with Gasteiger partial charge < -0.3 is 9.47 Å². The highest BCUT2D eigenvalue weighted by atomic mass is 35.5. The molecule has 27 heavy (non-hydrogen) atoms. The first kappa shape index (κ1) is 20.9. The number of ether oxygens (including phenoxy) is 2. The summed E-state index contributed by atoms with van der Waals surface area (Å²) in [4.78, 5) is 24.0. The van der Waals surface area contributed by atoms with E-state index in [0.717, 1.165) is 6.08 Å². The first-order valence-electron chi connectivity index (χ1n) is 7.65. The smallest absolute Gasteiger partial charge is 0.387 e. The molecular weight excluding hydrogens is 401 g/mol. The van der Waals surface area contributed by atoms with Gasteiger partial charge in [0.2, 0.25) is 5.78 Å². The van der Waals surface area contributed by atoms with Gasteiger partial charge in [0, 0.05) is 6.08 Å². The predicted octanol–water partition coefficient (Wildman–Crippen LogP) is 5.34. The molecule has 0 aliphatic carbocycles. The molecule has 0 saturated carbocycles. The summed E-state index contributed by atoms with van der Waals surface area (Å²) in [6, 6.07) is 8.95. The molecule has 2 aromatic carbocycles. The van der Waals surface area contributed by atoms with Gasteiger partial charge in [-0.1, -0.05) is 40.9 Å². The van der Waals surface area contributed by atoms with Gasteiger partial charge in [-0.25, -0.2) is 4.79 Å². The van der Waals surface area contributed by atoms with E-state index >= 15 is 0 Å². The van der Waals surface area contributed by atoms with Crippen LogP contribution in [0.2, 0.25) is 10.0 Å². The third-order valence-electron chi connectivity index (χ3n) is 3.35. The van der Waals surface area contributed by atoms with Gasteiger partial charge in [0.25, 0.3) is 0 Å². The molecule has 0 unspecified atom stereocenters. The number of aryl methyl sites for hydroxylation is 1. The molecule has 0 aliphatic rings. The highest BCUT2D eigenvalue weighted by molar-refractivity contribution is 6.42. The fraction of sp³-hybridized carbons (Fsp3) is 0.158. The van der Waals surface area contributed by atoms with Gasteiger partial charge in [-0.05, 0) is 42.8 Å². The van der Waals surface area contributed by atoms with Crippen molar-refractivity contribution in [2.75, 3.05) is 6.61 Å². The molecule has 0 fully saturated rings. The van der Waals surface area contributed by atoms with E-state index in [1.54, 1.807) is 25.1 Å². The van der Waals surface area contributed by atoms with Gasteiger partial charge in [0.1, 0.15) is 5.75 Å². The Labute approximate surface area is 164 Å². The standard InChI is InChI=1S/C19H14Cl2F2O4/c1-11-2-6-17(27-19(22)23)13(8-11)16(24)10-26-18(25)7-4-12-3-5-14(20)15(21)9-12/h2-9,19H,10H2,1H3/b7-4+. The predicted molar refractivity (Wildman–Crippen MR) is 98.6 cm³/mol. The number of carbonyl (C=O) groups is 2. The first-order chi connectivity index (χ1) is 12.8. The number of alkyl halides is 2. The second-order valence-electron chi connectivity index (χ2n) is 5.42. The molecular formula is C19H14Cl2F2O4. The zero-order valence-electron chi connectivity index (χ0n) is 14.0. The number of Topliss-reactive ketones (excluding diaryl/α,β-unsaturated/α-hetero) is 1. The molecule has 8 heteroatoms. The van der Waals surface area contributed by atoms with Crippen LogP contribution in [0.1, 0.15) is 21.5 Å². The number of ketones is 1. The van der Waals surface area contributed by atoms with Crippen molar-refractivity contribution in [2.24, 2.45) is 0 Å². The molecule has 0 radical (unpaired) electrons. The van der Waals surface area contributed by atoms with Crippen LogP contribution in [0.25, 0.3) is 6.08 Å². The van der Waals surface area contributed by atoms with Gasteiger partial charge >= 0.3 is 12.6 Å². The van der Waals surface area contributed by atoms with Gasteiger partial charge in [-0.2, -0.15) is 8.78 Å². The summed E-state index contributed by atoms with van der Waals surface area (Å²) in [6.07, 6.45) is 2.55. The summed E-state index contributed by atoms with van der Waals surface area (Å²) < 4.78 is 34.1. The maximum atomic E-state index is 12.4. The Balaban J connectivity index is 2.00. The van der Waals surface area contributed by atoms with Crippen molar-refractivity contribution in [2.45, 2.75) is 13.5 Å². The third kappa shape index (κ3) is 6.34. The fourth-order valence-corrected chi connectivity index (χ4v) is 2.41. The molecule has 0 heterocycles. The molecule has 0 atom stereocenters. The fourth-order valence-electron chi connectivity index (χ4n) is 2.10. The molecule has 142 valence electrons. The number of carbonyl (C=O) groups excluding carboxylic acids is 2. The molecule has 0 aromatic heterocycles. The summed E-state index contributed by atoms with van der Waals surface area (Å²) in [5, 5.41) is 0.704. The second-order valence-corrected chi connectivity index (χ2v) is 6.23. The largest absolute Gasteiger partial charge is 0.454 e. The first-order valence-corrected chi connectivity index (χ1v) is 8.40. The van der Waals surface area contributed by atoms with Crippen LogP contribution in [0.15, 0.2) is 42.5 Å². The maximum absolute atomic E-state index is 12.4. The number of esters is 1. The highest BCUT2D eigenvalue weighted by Crippen LogP contribution is 2.24. The van der Waals surface area contributed by atoms with E-state index in [0.29, 0.717) is 21.2 Å². The van der Waals surface area contributed by atoms with Gasteiger partial charge in [-0.15, -0.1) is 0 Å². The van der Waals surface area contributed by atoms with Crippen LogP contribution in [0.3, 0.4) is 0 Å². The van der Waals surface area contributed by atoms with Crippen LogP contribution < -0.4 is 4.74 Å². The minimum Gasteiger partial charge on any atom is -0.454 e. The van der Waals surface area contributed by atoms with Crippen LogP contribution in [-0.2, 0) is 9.53 Å². The molecule has 4 nitrogen and oxygen atoms in total. The monoisotopic (exact) mass is 414 g/mol. The lowest BCUT2D eigenvalue weighted by Gasteiger charge is -2.10. The van der Waals surface area contributed by atoms with Gasteiger partial charge in [0.05, 0.1) is 15.6 Å². The summed E-state index contributed by atoms with van der Waals surface area (Å²) in [7, 11) is 0. The van der Waals surface area contributed by atoms with Crippen molar-refractivity contribution in [1.82, 2.24) is 0 Å². The van der Waals surface area contributed by atoms with Crippen LogP contribution in [0, 0.1) is 6.92 Å². The Hall–Kier alpha value is -2.44. The summed E-state index contributed by atoms with van der Waals surface area (Å²) in [6.45, 7) is -2.00. The zero-order chi connectivity index (χ0) is 20.0. The molecule has 0 saturated heterocycles. The lowest BCUT2D eigenvalue weighted by molar-refractivity contribution is -0.136. The highest BCUT2D eigenvalue weighted by Gasteiger charge is 2.17. The van der Waals surface area contributed by atoms with Gasteiger partial charge in [0.15, 0.2) is 6.61 Å². The van der Waals surface area contributed by atoms with Gasteiger partial charge in [-0.3, -0.25) is 4.79 Å². The zero-order valence-corrected chi connectivity index (χ0v) is 15.6. The van der Waals surface area contributed by atoms with Crippen LogP contribution in [0.4, 0.5) is 8.78 Å². The van der Waals surface area contributed by atoms with E-state index in [-0.39, 0.29) is 11.3 Å². The molecule has 0 aliphatic heterocycles. The number of hydrogen-bond donors (Lipinski definition) is 0. The van der Waals surface area contributed by atoms with Crippen molar-refractivity contribution in [1.29, 1.82) is 0 Å². The van der Waals surface area contributed by atoms with E-state index in [1.165, 1.54) is 24.3 Å². The van der Waals surface area contributed by atoms with Crippen molar-refractivity contribution < 1.29 is 27.8 Å². The minimum atomic E-state index is -3.07. The van der Waals surface area contributed by atoms with Crippen molar-refractivity contribution in [3.8, 4) is 5.75 Å². The molecule has 0 N–H and O–H groups in total. The van der Waals surface area contributed by atoms with E-state index in [2.05, 4.69) is 4.74 Å². The summed E-state index contributed by atoms with van der Waals surface area (Å²) >= 11 is 11.7. The van der Waals surface area contributed by atoms with E-state index in [1.807, 2.05) is 0 Å². The molecule has 2 rings (SSSR count). The van der Waals surface area contributed by atoms with Crippen molar-refractivity contribution in [3.63, 3.8) is 0 Å². The topological polar surface area (TPSA) is 52.6 Å². The molecule has 2 aromatic rings. The Morgan fingerprint density at radius 2 is 1.85 bits per heavy atom. The summed E-state index contributed by atoms with van der Waals surface area (Å²) in [5.74, 6) is -1.72. The van der Waals surface area contributed by atoms with Crippen LogP contribution in [0.5, 0.6) is 5.75 Å². The lowest BCUT2D eigenvalue weighted by Crippen LogP contribution is -2.15. The Morgan fingerprint density at radius 1 is 1.11 bits per heavy atom. The second kappa shape index (κ2) is 9.48.